The van der Waals surface area contributed by atoms with Gasteiger partial charge in [0, 0.05) is 29.7 Å². The van der Waals surface area contributed by atoms with E-state index in [4.69, 9.17) is 0 Å². The van der Waals surface area contributed by atoms with Crippen LogP contribution in [0.1, 0.15) is 44.9 Å². The predicted octanol–water partition coefficient (Wildman–Crippen LogP) is 3.13. The van der Waals surface area contributed by atoms with Gasteiger partial charge in [0.2, 0.25) is 0 Å². The molecule has 0 bridgehead atoms. The van der Waals surface area contributed by atoms with E-state index in [1.165, 1.54) is 22.2 Å². The number of benzene rings is 1. The summed E-state index contributed by atoms with van der Waals surface area (Å²) in [5.41, 5.74) is 3.04. The number of hydrogen-bond donors (Lipinski definition) is 4. The number of rotatable bonds is 8. The predicted molar refractivity (Wildman–Crippen MR) is 106 cm³/mol. The Bertz CT molecular complexity index is 701. The highest BCUT2D eigenvalue weighted by atomic mass is 16.3. The van der Waals surface area contributed by atoms with E-state index in [-0.39, 0.29) is 0 Å². The minimum absolute atomic E-state index is 0.418. The molecule has 138 valence electrons. The van der Waals surface area contributed by atoms with Gasteiger partial charge in [0.15, 0.2) is 5.96 Å². The summed E-state index contributed by atoms with van der Waals surface area (Å²) in [6.07, 6.45) is 2.34. The minimum Gasteiger partial charge on any atom is -0.388 e. The lowest BCUT2D eigenvalue weighted by Crippen LogP contribution is -2.40. The molecule has 5 nitrogen and oxygen atoms in total. The molecule has 0 aliphatic heterocycles. The van der Waals surface area contributed by atoms with Crippen molar-refractivity contribution in [3.8, 4) is 0 Å². The van der Waals surface area contributed by atoms with Crippen molar-refractivity contribution in [2.75, 3.05) is 19.6 Å². The van der Waals surface area contributed by atoms with Crippen molar-refractivity contribution in [3.63, 3.8) is 0 Å². The molecule has 1 aromatic carbocycles. The number of nitrogens with zero attached hydrogens (tertiary/aromatic N) is 1. The second-order valence-corrected chi connectivity index (χ2v) is 6.58. The Morgan fingerprint density at radius 1 is 1.16 bits per heavy atom. The Labute approximate surface area is 150 Å². The summed E-state index contributed by atoms with van der Waals surface area (Å²) < 4.78 is 0. The van der Waals surface area contributed by atoms with Crippen LogP contribution in [-0.4, -0.2) is 41.3 Å². The van der Waals surface area contributed by atoms with Gasteiger partial charge in [-0.05, 0) is 44.7 Å². The first-order valence-corrected chi connectivity index (χ1v) is 9.33. The highest BCUT2D eigenvalue weighted by Gasteiger charge is 2.21. The molecule has 0 aliphatic carbocycles. The molecule has 0 saturated heterocycles. The van der Waals surface area contributed by atoms with Gasteiger partial charge >= 0.3 is 0 Å². The van der Waals surface area contributed by atoms with E-state index >= 15 is 0 Å². The van der Waals surface area contributed by atoms with Crippen molar-refractivity contribution in [1.82, 2.24) is 15.6 Å². The van der Waals surface area contributed by atoms with Crippen molar-refractivity contribution in [2.45, 2.75) is 52.6 Å². The van der Waals surface area contributed by atoms with Crippen LogP contribution in [0.2, 0.25) is 0 Å². The van der Waals surface area contributed by atoms with Gasteiger partial charge < -0.3 is 20.7 Å². The normalized spacial score (nSPS) is 12.6. The van der Waals surface area contributed by atoms with Crippen molar-refractivity contribution in [3.05, 3.63) is 35.5 Å². The summed E-state index contributed by atoms with van der Waals surface area (Å²) in [6.45, 7) is 10.2. The molecule has 1 heterocycles. The molecule has 0 spiro atoms. The number of aromatic nitrogens is 1. The molecule has 4 N–H and O–H groups in total. The third-order valence-corrected chi connectivity index (χ3v) is 4.89. The smallest absolute Gasteiger partial charge is 0.191 e. The number of guanidine groups is 1. The third kappa shape index (κ3) is 4.98. The first-order chi connectivity index (χ1) is 12.0. The van der Waals surface area contributed by atoms with Crippen LogP contribution >= 0.6 is 0 Å². The monoisotopic (exact) mass is 344 g/mol. The number of aryl methyl sites for hydroxylation is 1. The van der Waals surface area contributed by atoms with Gasteiger partial charge in [-0.1, -0.05) is 32.0 Å². The Kier molecular flexibility index (Phi) is 6.88. The van der Waals surface area contributed by atoms with Crippen LogP contribution in [-0.2, 0) is 6.42 Å². The number of aromatic amines is 1. The fourth-order valence-corrected chi connectivity index (χ4v) is 3.00. The van der Waals surface area contributed by atoms with Crippen molar-refractivity contribution in [1.29, 1.82) is 0 Å². The average molecular weight is 345 g/mol. The van der Waals surface area contributed by atoms with Crippen LogP contribution in [0.4, 0.5) is 0 Å². The zero-order valence-electron chi connectivity index (χ0n) is 15.9. The molecule has 2 rings (SSSR count). The maximum Gasteiger partial charge on any atom is 0.191 e. The second-order valence-electron chi connectivity index (χ2n) is 6.58. The van der Waals surface area contributed by atoms with Crippen molar-refractivity contribution in [2.24, 2.45) is 4.99 Å². The Morgan fingerprint density at radius 3 is 2.56 bits per heavy atom. The molecule has 2 aromatic rings. The van der Waals surface area contributed by atoms with E-state index in [1.807, 2.05) is 20.8 Å². The van der Waals surface area contributed by atoms with E-state index < -0.39 is 5.60 Å². The third-order valence-electron chi connectivity index (χ3n) is 4.89. The van der Waals surface area contributed by atoms with Crippen LogP contribution in [0.3, 0.4) is 0 Å². The summed E-state index contributed by atoms with van der Waals surface area (Å²) in [4.78, 5) is 8.01. The zero-order chi connectivity index (χ0) is 18.3. The van der Waals surface area contributed by atoms with Gasteiger partial charge in [0.25, 0.3) is 0 Å². The maximum absolute atomic E-state index is 10.4. The average Bonchev–Trinajstić information content (AvgIpc) is 2.95. The fraction of sp³-hybridized carbons (Fsp3) is 0.550. The maximum atomic E-state index is 10.4. The first-order valence-electron chi connectivity index (χ1n) is 9.33. The summed E-state index contributed by atoms with van der Waals surface area (Å²) in [5.74, 6) is 0.764. The highest BCUT2D eigenvalue weighted by molar-refractivity contribution is 5.84. The minimum atomic E-state index is -0.713. The molecule has 1 aromatic heterocycles. The van der Waals surface area contributed by atoms with E-state index in [0.29, 0.717) is 19.4 Å². The number of aliphatic imine (C=N–C) groups is 1. The van der Waals surface area contributed by atoms with Crippen LogP contribution in [0, 0.1) is 6.92 Å². The summed E-state index contributed by atoms with van der Waals surface area (Å²) in [7, 11) is 0. The number of H-pyrrole nitrogens is 1. The molecular formula is C20H32N4O. The van der Waals surface area contributed by atoms with Crippen molar-refractivity contribution >= 4 is 16.9 Å². The number of aliphatic hydroxyl groups is 1. The van der Waals surface area contributed by atoms with E-state index in [0.717, 1.165) is 25.5 Å². The molecule has 0 aliphatic rings. The molecule has 0 unspecified atom stereocenters. The lowest BCUT2D eigenvalue weighted by Gasteiger charge is -2.23. The number of fused-ring (bicyclic) bond motifs is 1. The fourth-order valence-electron chi connectivity index (χ4n) is 3.00. The summed E-state index contributed by atoms with van der Waals surface area (Å²) in [6, 6.07) is 8.41. The molecule has 25 heavy (non-hydrogen) atoms. The van der Waals surface area contributed by atoms with Gasteiger partial charge in [0.1, 0.15) is 0 Å². The number of para-hydroxylation sites is 1. The molecular weight excluding hydrogens is 312 g/mol. The molecule has 0 radical (unpaired) electrons. The SMILES string of the molecule is CCNC(=NCC(O)(CC)CC)NCCc1c(C)[nH]c2ccccc12. The molecule has 0 atom stereocenters. The largest absolute Gasteiger partial charge is 0.388 e. The van der Waals surface area contributed by atoms with E-state index in [2.05, 4.69) is 51.8 Å². The van der Waals surface area contributed by atoms with Crippen LogP contribution in [0.15, 0.2) is 29.3 Å². The topological polar surface area (TPSA) is 72.4 Å². The van der Waals surface area contributed by atoms with Gasteiger partial charge in [0.05, 0.1) is 12.1 Å². The molecule has 0 saturated carbocycles. The number of hydrogen-bond acceptors (Lipinski definition) is 2. The molecule has 0 fully saturated rings. The van der Waals surface area contributed by atoms with Crippen LogP contribution in [0.5, 0.6) is 0 Å². The lowest BCUT2D eigenvalue weighted by atomic mass is 9.98. The van der Waals surface area contributed by atoms with Crippen LogP contribution < -0.4 is 10.6 Å². The first kappa shape index (κ1) is 19.3. The highest BCUT2D eigenvalue weighted by Crippen LogP contribution is 2.21. The molecule has 0 amide bonds. The van der Waals surface area contributed by atoms with Gasteiger partial charge in [-0.25, -0.2) is 0 Å². The standard InChI is InChI=1S/C20H32N4O/c1-5-20(25,6-2)14-23-19(21-7-3)22-13-12-16-15(4)24-18-11-9-8-10-17(16)18/h8-11,24-25H,5-7,12-14H2,1-4H3,(H2,21,22,23). The summed E-state index contributed by atoms with van der Waals surface area (Å²) in [5, 5.41) is 18.3. The quantitative estimate of drug-likeness (QED) is 0.439. The number of nitrogens with one attached hydrogen (secondary N) is 3. The van der Waals surface area contributed by atoms with Crippen molar-refractivity contribution < 1.29 is 5.11 Å². The van der Waals surface area contributed by atoms with E-state index in [1.54, 1.807) is 0 Å². The Hall–Kier alpha value is -2.01. The van der Waals surface area contributed by atoms with Gasteiger partial charge in [-0.2, -0.15) is 0 Å². The zero-order valence-corrected chi connectivity index (χ0v) is 15.9. The van der Waals surface area contributed by atoms with E-state index in [9.17, 15) is 5.11 Å². The van der Waals surface area contributed by atoms with Gasteiger partial charge in [-0.15, -0.1) is 0 Å². The second kappa shape index (κ2) is 8.90. The lowest BCUT2D eigenvalue weighted by molar-refractivity contribution is 0.0418. The molecule has 5 heteroatoms. The Morgan fingerprint density at radius 2 is 1.88 bits per heavy atom. The van der Waals surface area contributed by atoms with Gasteiger partial charge in [-0.3, -0.25) is 4.99 Å². The summed E-state index contributed by atoms with van der Waals surface area (Å²) >= 11 is 0. The Balaban J connectivity index is 2.00. The van der Waals surface area contributed by atoms with Crippen LogP contribution in [0.25, 0.3) is 10.9 Å².